The van der Waals surface area contributed by atoms with E-state index in [1.165, 1.54) is 139 Å². The van der Waals surface area contributed by atoms with Gasteiger partial charge in [0.15, 0.2) is 0 Å². The molecule has 0 atom stereocenters. The normalized spacial score (nSPS) is 13.2. The van der Waals surface area contributed by atoms with Crippen LogP contribution in [0, 0.1) is 13.8 Å². The van der Waals surface area contributed by atoms with Crippen molar-refractivity contribution < 1.29 is 0 Å². The molecular formula is C136H105B3N8. The van der Waals surface area contributed by atoms with E-state index in [-0.39, 0.29) is 31.0 Å². The third-order valence-corrected chi connectivity index (χ3v) is 31.4. The Labute approximate surface area is 863 Å². The number of para-hydroxylation sites is 10. The summed E-state index contributed by atoms with van der Waals surface area (Å²) < 4.78 is 0. The summed E-state index contributed by atoms with van der Waals surface area (Å²) in [4.78, 5) is 20.1. The van der Waals surface area contributed by atoms with E-state index in [4.69, 9.17) is 0 Å². The van der Waals surface area contributed by atoms with Gasteiger partial charge in [-0.2, -0.15) is 0 Å². The zero-order chi connectivity index (χ0) is 98.4. The molecule has 0 unspecified atom stereocenters. The first-order chi connectivity index (χ1) is 72.2. The Bertz CT molecular complexity index is 8700. The van der Waals surface area contributed by atoms with Crippen LogP contribution in [0.2, 0.25) is 0 Å². The topological polar surface area (TPSA) is 25.9 Å². The second-order valence-electron chi connectivity index (χ2n) is 41.7. The van der Waals surface area contributed by atoms with Gasteiger partial charge in [-0.1, -0.05) is 344 Å². The van der Waals surface area contributed by atoms with Gasteiger partial charge in [-0.25, -0.2) is 0 Å². The van der Waals surface area contributed by atoms with Gasteiger partial charge in [0.25, 0.3) is 20.1 Å². The van der Waals surface area contributed by atoms with Crippen molar-refractivity contribution in [3.63, 3.8) is 0 Å². The number of fused-ring (bicyclic) bond motifs is 12. The fourth-order valence-corrected chi connectivity index (χ4v) is 24.7. The lowest BCUT2D eigenvalue weighted by Gasteiger charge is -2.45. The minimum Gasteiger partial charge on any atom is -0.311 e. The molecule has 147 heavy (non-hydrogen) atoms. The number of benzene rings is 21. The van der Waals surface area contributed by atoms with Crippen LogP contribution in [-0.2, 0) is 17.3 Å². The number of hydrogen-bond acceptors (Lipinski definition) is 8. The summed E-state index contributed by atoms with van der Waals surface area (Å²) in [5.41, 5.74) is 51.6. The maximum Gasteiger partial charge on any atom is 0.252 e. The number of aryl methyl sites for hydroxylation is 2. The summed E-state index contributed by atoms with van der Waals surface area (Å²) in [7, 11) is 0. The third-order valence-electron chi connectivity index (χ3n) is 31.4. The molecule has 6 aliphatic rings. The highest BCUT2D eigenvalue weighted by atomic mass is 15.2. The van der Waals surface area contributed by atoms with Gasteiger partial charge in [0.05, 0.1) is 11.4 Å². The van der Waals surface area contributed by atoms with E-state index in [0.717, 1.165) is 114 Å². The lowest BCUT2D eigenvalue weighted by Crippen LogP contribution is -2.61. The Morgan fingerprint density at radius 1 is 0.204 bits per heavy atom. The summed E-state index contributed by atoms with van der Waals surface area (Å²) in [6.45, 7) is 16.3. The SMILES string of the molecule is Cc1ccc2c(c1)B1c3ccc(N(c4ccccc4)c4cccc(CC(C)(C)c5ccc(N6c7cc(N(c8ccccc8)c8ccccc8)ccc7B7c8ccccc8N(c8ccccc8)c8cccc6c87)cc5)c4)cc3N(c3ccccc3)c3cccc(c31)N2c1ccc(C)c(-c2ccc(-c3ccccc3N3c4ccccc4B4c5ccccc5N(c5ccccc5-c5ccccc5)c5cc(C(C)(C)C)cc3c54)cc2)c1. The maximum atomic E-state index is 2.59. The molecule has 0 amide bonds. The Morgan fingerprint density at radius 2 is 0.544 bits per heavy atom. The molecule has 0 aromatic heterocycles. The standard InChI is InChI=1S/C136H105B3N8/c1-91-67-82-123-117(83-91)139-116-81-79-108(141(101-46-20-11-21-47-101)105-52-36-39-93(84-105)90-136(6,7)97-73-76-104(77-74-97)144-125-64-37-63-124-132(125)138(112-55-28-33-60-120(112)142(124)102-48-22-12-23-49-102)115-80-78-107(88-128(115)144)140(99-42-16-9-17-43-99)100-44-18-10-19-45-100)89-129(116)143(103-50-24-13-25-51-103)126-65-38-66-127(133(126)139)145(123)106-75-68-92(2)111(87-106)96-71-69-95(70-72-96)110-54-27-32-59-119(110)147-122-62-35-30-57-114(122)137-113-56-29-34-61-121(113)146(130-85-98(135(3,4)5)86-131(147)134(130)137)118-58-31-26-53-109(118)94-40-14-8-15-41-94/h8-89H,90H2,1-7H3. The van der Waals surface area contributed by atoms with Crippen molar-refractivity contribution in [2.75, 3.05) is 39.2 Å². The second kappa shape index (κ2) is 35.4. The molecule has 0 N–H and O–H groups in total. The van der Waals surface area contributed by atoms with Gasteiger partial charge in [-0.15, -0.1) is 0 Å². The summed E-state index contributed by atoms with van der Waals surface area (Å²) in [6, 6.07) is 187. The number of rotatable bonds is 18. The minimum atomic E-state index is -0.291. The number of hydrogen-bond donors (Lipinski definition) is 0. The van der Waals surface area contributed by atoms with Crippen molar-refractivity contribution in [1.29, 1.82) is 0 Å². The van der Waals surface area contributed by atoms with Crippen LogP contribution in [0.1, 0.15) is 62.4 Å². The Kier molecular flexibility index (Phi) is 21.2. The van der Waals surface area contributed by atoms with Crippen molar-refractivity contribution in [3.8, 4) is 33.4 Å². The first-order valence-corrected chi connectivity index (χ1v) is 51.6. The van der Waals surface area contributed by atoms with Crippen LogP contribution in [0.25, 0.3) is 33.4 Å². The van der Waals surface area contributed by atoms with Crippen LogP contribution in [0.5, 0.6) is 0 Å². The molecule has 0 saturated carbocycles. The molecule has 11 heteroatoms. The molecule has 0 saturated heterocycles. The van der Waals surface area contributed by atoms with E-state index in [2.05, 4.69) is 585 Å². The van der Waals surface area contributed by atoms with Crippen LogP contribution in [-0.4, -0.2) is 20.1 Å². The van der Waals surface area contributed by atoms with Crippen LogP contribution in [0.15, 0.2) is 497 Å². The van der Waals surface area contributed by atoms with Crippen LogP contribution in [0.4, 0.5) is 136 Å². The molecule has 8 nitrogen and oxygen atoms in total. The first kappa shape index (κ1) is 88.2. The molecule has 21 aromatic carbocycles. The molecule has 0 fully saturated rings. The molecule has 0 spiro atoms. The predicted molar refractivity (Wildman–Crippen MR) is 626 cm³/mol. The highest BCUT2D eigenvalue weighted by molar-refractivity contribution is 7.02. The lowest BCUT2D eigenvalue weighted by atomic mass is 9.33. The van der Waals surface area contributed by atoms with E-state index >= 15 is 0 Å². The molecular weight excluding hydrogens is 1780 g/mol. The summed E-state index contributed by atoms with van der Waals surface area (Å²) in [5, 5.41) is 0. The van der Waals surface area contributed by atoms with Gasteiger partial charge < -0.3 is 39.2 Å². The van der Waals surface area contributed by atoms with E-state index in [9.17, 15) is 0 Å². The Hall–Kier alpha value is -17.8. The predicted octanol–water partition coefficient (Wildman–Crippen LogP) is 30.3. The molecule has 698 valence electrons. The zero-order valence-electron chi connectivity index (χ0n) is 83.4. The lowest BCUT2D eigenvalue weighted by molar-refractivity contribution is 0.522. The van der Waals surface area contributed by atoms with Gasteiger partial charge in [0.2, 0.25) is 0 Å². The highest BCUT2D eigenvalue weighted by Crippen LogP contribution is 2.55. The van der Waals surface area contributed by atoms with Gasteiger partial charge in [0.1, 0.15) is 0 Å². The van der Waals surface area contributed by atoms with E-state index in [0.29, 0.717) is 0 Å². The van der Waals surface area contributed by atoms with Crippen molar-refractivity contribution in [1.82, 2.24) is 0 Å². The number of anilines is 24. The molecule has 21 aromatic rings. The summed E-state index contributed by atoms with van der Waals surface area (Å²) >= 11 is 0. The van der Waals surface area contributed by atoms with E-state index < -0.39 is 0 Å². The highest BCUT2D eigenvalue weighted by Gasteiger charge is 2.49. The summed E-state index contributed by atoms with van der Waals surface area (Å²) in [5.74, 6) is 0. The molecule has 27 rings (SSSR count). The molecule has 0 aliphatic carbocycles. The van der Waals surface area contributed by atoms with Crippen LogP contribution >= 0.6 is 0 Å². The average Bonchev–Trinajstić information content (AvgIpc) is 0.719. The fraction of sp³-hybridized carbons (Fsp3) is 0.0735. The van der Waals surface area contributed by atoms with Gasteiger partial charge in [-0.3, -0.25) is 0 Å². The molecule has 0 bridgehead atoms. The smallest absolute Gasteiger partial charge is 0.252 e. The van der Waals surface area contributed by atoms with Gasteiger partial charge in [0, 0.05) is 136 Å². The molecule has 0 radical (unpaired) electrons. The third kappa shape index (κ3) is 14.7. The molecule has 6 heterocycles. The largest absolute Gasteiger partial charge is 0.311 e. The van der Waals surface area contributed by atoms with Crippen molar-refractivity contribution in [2.24, 2.45) is 0 Å². The zero-order valence-corrected chi connectivity index (χ0v) is 83.4. The van der Waals surface area contributed by atoms with Crippen molar-refractivity contribution >= 4 is 206 Å². The van der Waals surface area contributed by atoms with E-state index in [1.54, 1.807) is 0 Å². The Balaban J connectivity index is 0.519. The van der Waals surface area contributed by atoms with Crippen LogP contribution in [0.3, 0.4) is 0 Å². The molecule has 6 aliphatic heterocycles. The maximum absolute atomic E-state index is 2.59. The summed E-state index contributed by atoms with van der Waals surface area (Å²) in [6.07, 6.45) is 0.794. The van der Waals surface area contributed by atoms with Gasteiger partial charge in [-0.05, 0) is 319 Å². The first-order valence-electron chi connectivity index (χ1n) is 51.6. The average molecular weight is 1880 g/mol. The monoisotopic (exact) mass is 1880 g/mol. The van der Waals surface area contributed by atoms with Crippen LogP contribution < -0.4 is 88.4 Å². The fourth-order valence-electron chi connectivity index (χ4n) is 24.7. The van der Waals surface area contributed by atoms with Crippen molar-refractivity contribution in [3.05, 3.63) is 525 Å². The quantitative estimate of drug-likeness (QED) is 0.0784. The van der Waals surface area contributed by atoms with E-state index in [1.807, 2.05) is 0 Å². The second-order valence-corrected chi connectivity index (χ2v) is 41.7. The Morgan fingerprint density at radius 3 is 1.03 bits per heavy atom. The number of nitrogens with zero attached hydrogens (tertiary/aromatic N) is 8. The van der Waals surface area contributed by atoms with Crippen molar-refractivity contribution in [2.45, 2.75) is 65.7 Å². The van der Waals surface area contributed by atoms with Gasteiger partial charge >= 0.3 is 0 Å². The minimum absolute atomic E-state index is 0.0109.